The first kappa shape index (κ1) is 16.0. The van der Waals surface area contributed by atoms with Crippen molar-refractivity contribution in [1.29, 1.82) is 0 Å². The normalized spacial score (nSPS) is 20.0. The number of methoxy groups -OCH3 is 1. The molecule has 1 amide bonds. The van der Waals surface area contributed by atoms with Crippen LogP contribution in [0.3, 0.4) is 0 Å². The van der Waals surface area contributed by atoms with Crippen molar-refractivity contribution in [2.45, 2.75) is 52.0 Å². The third kappa shape index (κ3) is 3.93. The van der Waals surface area contributed by atoms with Crippen LogP contribution in [0, 0.1) is 11.3 Å². The molecule has 110 valence electrons. The molecule has 2 atom stereocenters. The molecule has 1 aliphatic carbocycles. The zero-order chi connectivity index (χ0) is 14.5. The molecule has 2 unspecified atom stereocenters. The number of esters is 1. The Morgan fingerprint density at radius 1 is 1.42 bits per heavy atom. The van der Waals surface area contributed by atoms with Crippen LogP contribution in [0.25, 0.3) is 0 Å². The van der Waals surface area contributed by atoms with Crippen LogP contribution in [0.1, 0.15) is 46.0 Å². The average molecular weight is 270 g/mol. The van der Waals surface area contributed by atoms with Crippen LogP contribution < -0.4 is 11.1 Å². The van der Waals surface area contributed by atoms with Crippen molar-refractivity contribution in [2.24, 2.45) is 17.1 Å². The van der Waals surface area contributed by atoms with Gasteiger partial charge in [0.25, 0.3) is 0 Å². The Hall–Kier alpha value is -1.10. The van der Waals surface area contributed by atoms with E-state index >= 15 is 0 Å². The molecular formula is C14H26N2O3. The largest absolute Gasteiger partial charge is 0.467 e. The second-order valence-corrected chi connectivity index (χ2v) is 5.69. The summed E-state index contributed by atoms with van der Waals surface area (Å²) in [6.45, 7) is 4.45. The van der Waals surface area contributed by atoms with Crippen molar-refractivity contribution in [1.82, 2.24) is 5.32 Å². The molecular weight excluding hydrogens is 244 g/mol. The molecule has 5 heteroatoms. The summed E-state index contributed by atoms with van der Waals surface area (Å²) in [6.07, 6.45) is 4.36. The van der Waals surface area contributed by atoms with Gasteiger partial charge >= 0.3 is 5.97 Å². The molecule has 0 aromatic rings. The Labute approximate surface area is 115 Å². The zero-order valence-corrected chi connectivity index (χ0v) is 12.2. The van der Waals surface area contributed by atoms with E-state index in [1.807, 2.05) is 13.8 Å². The minimum Gasteiger partial charge on any atom is -0.467 e. The van der Waals surface area contributed by atoms with Gasteiger partial charge in [0.05, 0.1) is 7.11 Å². The van der Waals surface area contributed by atoms with E-state index in [-0.39, 0.29) is 23.2 Å². The van der Waals surface area contributed by atoms with E-state index in [9.17, 15) is 9.59 Å². The van der Waals surface area contributed by atoms with Crippen LogP contribution in [-0.2, 0) is 14.3 Å². The fourth-order valence-corrected chi connectivity index (χ4v) is 2.49. The molecule has 0 spiro atoms. The van der Waals surface area contributed by atoms with Gasteiger partial charge in [-0.25, -0.2) is 4.79 Å². The zero-order valence-electron chi connectivity index (χ0n) is 12.2. The minimum atomic E-state index is -0.558. The first-order valence-electron chi connectivity index (χ1n) is 7.05. The Morgan fingerprint density at radius 2 is 2.05 bits per heavy atom. The monoisotopic (exact) mass is 270 g/mol. The van der Waals surface area contributed by atoms with Gasteiger partial charge in [-0.3, -0.25) is 4.79 Å². The van der Waals surface area contributed by atoms with Crippen LogP contribution in [0.5, 0.6) is 0 Å². The number of hydrogen-bond acceptors (Lipinski definition) is 4. The second kappa shape index (κ2) is 6.89. The van der Waals surface area contributed by atoms with E-state index in [0.29, 0.717) is 13.0 Å². The summed E-state index contributed by atoms with van der Waals surface area (Å²) in [4.78, 5) is 23.8. The van der Waals surface area contributed by atoms with E-state index in [0.717, 1.165) is 25.7 Å². The van der Waals surface area contributed by atoms with E-state index in [4.69, 9.17) is 10.5 Å². The SMILES string of the molecule is CCC(C)C(NC(=O)CC1(CN)CCC1)C(=O)OC. The fourth-order valence-electron chi connectivity index (χ4n) is 2.49. The lowest BCUT2D eigenvalue weighted by molar-refractivity contribution is -0.147. The summed E-state index contributed by atoms with van der Waals surface area (Å²) in [7, 11) is 1.34. The maximum atomic E-state index is 12.1. The number of nitrogens with two attached hydrogens (primary N) is 1. The van der Waals surface area contributed by atoms with Gasteiger partial charge in [0.2, 0.25) is 5.91 Å². The van der Waals surface area contributed by atoms with Gasteiger partial charge in [0.15, 0.2) is 0 Å². The lowest BCUT2D eigenvalue weighted by Crippen LogP contribution is -2.49. The molecule has 1 saturated carbocycles. The highest BCUT2D eigenvalue weighted by molar-refractivity contribution is 5.85. The molecule has 1 aliphatic rings. The van der Waals surface area contributed by atoms with Gasteiger partial charge in [-0.15, -0.1) is 0 Å². The van der Waals surface area contributed by atoms with Crippen molar-refractivity contribution < 1.29 is 14.3 Å². The summed E-state index contributed by atoms with van der Waals surface area (Å²) >= 11 is 0. The predicted molar refractivity (Wildman–Crippen MR) is 73.4 cm³/mol. The third-order valence-electron chi connectivity index (χ3n) is 4.37. The quantitative estimate of drug-likeness (QED) is 0.681. The Balaban J connectivity index is 2.58. The molecule has 0 aliphatic heterocycles. The van der Waals surface area contributed by atoms with Crippen LogP contribution in [0.4, 0.5) is 0 Å². The van der Waals surface area contributed by atoms with E-state index in [1.54, 1.807) is 0 Å². The van der Waals surface area contributed by atoms with E-state index in [1.165, 1.54) is 7.11 Å². The standard InChI is InChI=1S/C14H26N2O3/c1-4-10(2)12(13(18)19-3)16-11(17)8-14(9-15)6-5-7-14/h10,12H,4-9,15H2,1-3H3,(H,16,17). The van der Waals surface area contributed by atoms with Gasteiger partial charge in [-0.05, 0) is 30.7 Å². The number of carbonyl (C=O) groups is 2. The summed E-state index contributed by atoms with van der Waals surface area (Å²) in [5.74, 6) is -0.412. The lowest BCUT2D eigenvalue weighted by atomic mass is 9.66. The number of rotatable bonds is 7. The lowest BCUT2D eigenvalue weighted by Gasteiger charge is -2.40. The first-order valence-corrected chi connectivity index (χ1v) is 7.05. The highest BCUT2D eigenvalue weighted by Gasteiger charge is 2.38. The highest BCUT2D eigenvalue weighted by atomic mass is 16.5. The first-order chi connectivity index (χ1) is 8.98. The average Bonchev–Trinajstić information content (AvgIpc) is 2.38. The van der Waals surface area contributed by atoms with Gasteiger partial charge in [0, 0.05) is 6.42 Å². The second-order valence-electron chi connectivity index (χ2n) is 5.69. The predicted octanol–water partition coefficient (Wildman–Crippen LogP) is 1.21. The van der Waals surface area contributed by atoms with Crippen molar-refractivity contribution in [3.05, 3.63) is 0 Å². The van der Waals surface area contributed by atoms with Gasteiger partial charge < -0.3 is 15.8 Å². The van der Waals surface area contributed by atoms with Crippen molar-refractivity contribution in [3.63, 3.8) is 0 Å². The van der Waals surface area contributed by atoms with Crippen LogP contribution in [0.15, 0.2) is 0 Å². The molecule has 5 nitrogen and oxygen atoms in total. The molecule has 1 rings (SSSR count). The molecule has 3 N–H and O–H groups in total. The Morgan fingerprint density at radius 3 is 2.42 bits per heavy atom. The van der Waals surface area contributed by atoms with E-state index in [2.05, 4.69) is 5.32 Å². The number of nitrogens with one attached hydrogen (secondary N) is 1. The number of amides is 1. The van der Waals surface area contributed by atoms with Crippen LogP contribution in [-0.4, -0.2) is 31.6 Å². The number of hydrogen-bond donors (Lipinski definition) is 2. The summed E-state index contributed by atoms with van der Waals surface area (Å²) < 4.78 is 4.75. The van der Waals surface area contributed by atoms with E-state index < -0.39 is 6.04 Å². The summed E-state index contributed by atoms with van der Waals surface area (Å²) in [5, 5.41) is 2.81. The maximum Gasteiger partial charge on any atom is 0.328 e. The molecule has 0 aromatic heterocycles. The van der Waals surface area contributed by atoms with Crippen molar-refractivity contribution in [3.8, 4) is 0 Å². The molecule has 0 heterocycles. The van der Waals surface area contributed by atoms with Gasteiger partial charge in [-0.2, -0.15) is 0 Å². The Kier molecular flexibility index (Phi) is 5.79. The molecule has 0 radical (unpaired) electrons. The topological polar surface area (TPSA) is 81.4 Å². The van der Waals surface area contributed by atoms with Gasteiger partial charge in [0.1, 0.15) is 6.04 Å². The van der Waals surface area contributed by atoms with Crippen molar-refractivity contribution >= 4 is 11.9 Å². The van der Waals surface area contributed by atoms with Gasteiger partial charge in [-0.1, -0.05) is 26.7 Å². The Bertz CT molecular complexity index is 321. The molecule has 0 saturated heterocycles. The third-order valence-corrected chi connectivity index (χ3v) is 4.37. The number of ether oxygens (including phenoxy) is 1. The van der Waals surface area contributed by atoms with Crippen molar-refractivity contribution in [2.75, 3.05) is 13.7 Å². The van der Waals surface area contributed by atoms with Crippen LogP contribution >= 0.6 is 0 Å². The molecule has 19 heavy (non-hydrogen) atoms. The minimum absolute atomic E-state index is 0.0415. The van der Waals surface area contributed by atoms with Crippen LogP contribution in [0.2, 0.25) is 0 Å². The molecule has 0 bridgehead atoms. The highest BCUT2D eigenvalue weighted by Crippen LogP contribution is 2.42. The molecule has 1 fully saturated rings. The fraction of sp³-hybridized carbons (Fsp3) is 0.857. The summed E-state index contributed by atoms with van der Waals surface area (Å²) in [5.41, 5.74) is 5.71. The number of carbonyl (C=O) groups excluding carboxylic acids is 2. The molecule has 0 aromatic carbocycles. The summed E-state index contributed by atoms with van der Waals surface area (Å²) in [6, 6.07) is -0.558. The maximum absolute atomic E-state index is 12.1. The smallest absolute Gasteiger partial charge is 0.328 e.